The summed E-state index contributed by atoms with van der Waals surface area (Å²) in [5.74, 6) is 0.540. The molecule has 2 rings (SSSR count). The number of aromatic amines is 1. The van der Waals surface area contributed by atoms with Crippen molar-refractivity contribution in [1.29, 1.82) is 0 Å². The Morgan fingerprint density at radius 3 is 2.89 bits per heavy atom. The van der Waals surface area contributed by atoms with Crippen LogP contribution in [0.3, 0.4) is 0 Å². The van der Waals surface area contributed by atoms with Crippen LogP contribution in [0.4, 0.5) is 0 Å². The first kappa shape index (κ1) is 14.2. The van der Waals surface area contributed by atoms with E-state index < -0.39 is 0 Å². The average Bonchev–Trinajstić information content (AvgIpc) is 2.36. The number of hydrogen-bond donors (Lipinski definition) is 2. The predicted octanol–water partition coefficient (Wildman–Crippen LogP) is 0.746. The molecule has 0 aliphatic carbocycles. The van der Waals surface area contributed by atoms with E-state index in [4.69, 9.17) is 9.47 Å². The maximum atomic E-state index is 11.7. The van der Waals surface area contributed by atoms with Gasteiger partial charge in [-0.2, -0.15) is 0 Å². The van der Waals surface area contributed by atoms with E-state index in [2.05, 4.69) is 36.1 Å². The van der Waals surface area contributed by atoms with E-state index in [0.717, 1.165) is 0 Å². The highest BCUT2D eigenvalue weighted by Gasteiger charge is 2.20. The Morgan fingerprint density at radius 1 is 1.47 bits per heavy atom. The molecule has 1 aliphatic rings. The molecule has 1 unspecified atom stereocenters. The summed E-state index contributed by atoms with van der Waals surface area (Å²) < 4.78 is 10.9. The van der Waals surface area contributed by atoms with Gasteiger partial charge in [0.1, 0.15) is 11.9 Å². The van der Waals surface area contributed by atoms with Gasteiger partial charge in [0.25, 0.3) is 5.56 Å². The standard InChI is InChI=1S/C13H21N3O3/c1-13(2,3)14-7-9-6-11(17)16-12(15-9)10-8-18-4-5-19-10/h6,10,14H,4-5,7-8H2,1-3H3,(H,15,16,17). The second kappa shape index (κ2) is 5.81. The van der Waals surface area contributed by atoms with E-state index in [1.807, 2.05) is 0 Å². The molecule has 19 heavy (non-hydrogen) atoms. The summed E-state index contributed by atoms with van der Waals surface area (Å²) in [4.78, 5) is 18.8. The Labute approximate surface area is 112 Å². The van der Waals surface area contributed by atoms with Gasteiger partial charge in [0, 0.05) is 18.2 Å². The molecule has 0 amide bonds. The number of ether oxygens (including phenoxy) is 2. The molecule has 0 radical (unpaired) electrons. The normalized spacial score (nSPS) is 20.5. The predicted molar refractivity (Wildman–Crippen MR) is 71.0 cm³/mol. The highest BCUT2D eigenvalue weighted by atomic mass is 16.6. The summed E-state index contributed by atoms with van der Waals surface area (Å²) in [7, 11) is 0. The fourth-order valence-electron chi connectivity index (χ4n) is 1.77. The lowest BCUT2D eigenvalue weighted by atomic mass is 10.1. The van der Waals surface area contributed by atoms with Gasteiger partial charge >= 0.3 is 0 Å². The number of hydrogen-bond acceptors (Lipinski definition) is 5. The fourth-order valence-corrected chi connectivity index (χ4v) is 1.77. The van der Waals surface area contributed by atoms with Crippen LogP contribution in [0, 0.1) is 0 Å². The summed E-state index contributed by atoms with van der Waals surface area (Å²) in [6.07, 6.45) is -0.281. The van der Waals surface area contributed by atoms with Crippen molar-refractivity contribution in [2.75, 3.05) is 19.8 Å². The van der Waals surface area contributed by atoms with Gasteiger partial charge in [-0.15, -0.1) is 0 Å². The fraction of sp³-hybridized carbons (Fsp3) is 0.692. The first-order chi connectivity index (χ1) is 8.94. The molecule has 1 aliphatic heterocycles. The van der Waals surface area contributed by atoms with Crippen molar-refractivity contribution in [3.63, 3.8) is 0 Å². The Bertz CT molecular complexity index is 473. The third kappa shape index (κ3) is 4.41. The van der Waals surface area contributed by atoms with Crippen LogP contribution in [0.15, 0.2) is 10.9 Å². The van der Waals surface area contributed by atoms with Crippen LogP contribution in [0.2, 0.25) is 0 Å². The minimum Gasteiger partial charge on any atom is -0.376 e. The highest BCUT2D eigenvalue weighted by Crippen LogP contribution is 2.16. The van der Waals surface area contributed by atoms with Crippen molar-refractivity contribution >= 4 is 0 Å². The van der Waals surface area contributed by atoms with Gasteiger partial charge in [0.05, 0.1) is 25.5 Å². The molecule has 1 aromatic heterocycles. The molecule has 1 aromatic rings. The lowest BCUT2D eigenvalue weighted by molar-refractivity contribution is -0.0936. The van der Waals surface area contributed by atoms with Crippen LogP contribution >= 0.6 is 0 Å². The minimum atomic E-state index is -0.281. The largest absolute Gasteiger partial charge is 0.376 e. The molecule has 1 fully saturated rings. The van der Waals surface area contributed by atoms with Crippen molar-refractivity contribution in [2.45, 2.75) is 39.0 Å². The zero-order valence-electron chi connectivity index (χ0n) is 11.7. The second-order valence-electron chi connectivity index (χ2n) is 5.66. The van der Waals surface area contributed by atoms with Crippen LogP contribution in [0.25, 0.3) is 0 Å². The lowest BCUT2D eigenvalue weighted by Crippen LogP contribution is -2.36. The van der Waals surface area contributed by atoms with Crippen LogP contribution in [0.1, 0.15) is 38.4 Å². The molecule has 106 valence electrons. The van der Waals surface area contributed by atoms with Crippen LogP contribution in [0.5, 0.6) is 0 Å². The molecule has 0 aromatic carbocycles. The summed E-state index contributed by atoms with van der Waals surface area (Å²) in [5.41, 5.74) is 0.530. The number of H-pyrrole nitrogens is 1. The quantitative estimate of drug-likeness (QED) is 0.845. The smallest absolute Gasteiger partial charge is 0.251 e. The van der Waals surface area contributed by atoms with Gasteiger partial charge < -0.3 is 19.8 Å². The zero-order chi connectivity index (χ0) is 13.9. The van der Waals surface area contributed by atoms with Gasteiger partial charge in [-0.3, -0.25) is 4.79 Å². The summed E-state index contributed by atoms with van der Waals surface area (Å²) >= 11 is 0. The molecule has 2 heterocycles. The van der Waals surface area contributed by atoms with E-state index in [-0.39, 0.29) is 17.2 Å². The number of nitrogens with zero attached hydrogens (tertiary/aromatic N) is 1. The summed E-state index contributed by atoms with van der Waals surface area (Å²) in [5, 5.41) is 3.31. The molecule has 1 saturated heterocycles. The van der Waals surface area contributed by atoms with Crippen molar-refractivity contribution in [1.82, 2.24) is 15.3 Å². The Morgan fingerprint density at radius 2 is 2.26 bits per heavy atom. The van der Waals surface area contributed by atoms with Crippen molar-refractivity contribution < 1.29 is 9.47 Å². The third-order valence-electron chi connectivity index (χ3n) is 2.73. The van der Waals surface area contributed by atoms with E-state index in [1.54, 1.807) is 0 Å². The summed E-state index contributed by atoms with van der Waals surface area (Å²) in [6.45, 7) is 8.30. The van der Waals surface area contributed by atoms with E-state index in [1.165, 1.54) is 6.07 Å². The Balaban J connectivity index is 2.12. The Kier molecular flexibility index (Phi) is 4.34. The molecule has 6 heteroatoms. The third-order valence-corrected chi connectivity index (χ3v) is 2.73. The van der Waals surface area contributed by atoms with Gasteiger partial charge in [0.2, 0.25) is 0 Å². The van der Waals surface area contributed by atoms with Crippen LogP contribution in [-0.4, -0.2) is 35.3 Å². The monoisotopic (exact) mass is 267 g/mol. The van der Waals surface area contributed by atoms with Crippen LogP contribution < -0.4 is 10.9 Å². The van der Waals surface area contributed by atoms with E-state index >= 15 is 0 Å². The number of aromatic nitrogens is 2. The maximum absolute atomic E-state index is 11.7. The zero-order valence-corrected chi connectivity index (χ0v) is 11.7. The molecular weight excluding hydrogens is 246 g/mol. The Hall–Kier alpha value is -1.24. The molecule has 6 nitrogen and oxygen atoms in total. The van der Waals surface area contributed by atoms with Crippen molar-refractivity contribution in [3.05, 3.63) is 27.9 Å². The second-order valence-corrected chi connectivity index (χ2v) is 5.66. The highest BCUT2D eigenvalue weighted by molar-refractivity contribution is 5.05. The van der Waals surface area contributed by atoms with E-state index in [9.17, 15) is 4.79 Å². The van der Waals surface area contributed by atoms with Crippen LogP contribution in [-0.2, 0) is 16.0 Å². The lowest BCUT2D eigenvalue weighted by Gasteiger charge is -2.23. The van der Waals surface area contributed by atoms with Gasteiger partial charge in [-0.1, -0.05) is 0 Å². The van der Waals surface area contributed by atoms with Crippen molar-refractivity contribution in [3.8, 4) is 0 Å². The number of rotatable bonds is 3. The SMILES string of the molecule is CC(C)(C)NCc1cc(=O)[nH]c(C2COCCO2)n1. The van der Waals surface area contributed by atoms with Crippen molar-refractivity contribution in [2.24, 2.45) is 0 Å². The molecule has 0 saturated carbocycles. The maximum Gasteiger partial charge on any atom is 0.251 e. The van der Waals surface area contributed by atoms with E-state index in [0.29, 0.717) is 37.9 Å². The molecule has 2 N–H and O–H groups in total. The number of nitrogens with one attached hydrogen (secondary N) is 2. The molecule has 1 atom stereocenters. The van der Waals surface area contributed by atoms with Gasteiger partial charge in [0.15, 0.2) is 0 Å². The first-order valence-corrected chi connectivity index (χ1v) is 6.48. The summed E-state index contributed by atoms with van der Waals surface area (Å²) in [6, 6.07) is 1.51. The van der Waals surface area contributed by atoms with Gasteiger partial charge in [-0.25, -0.2) is 4.98 Å². The van der Waals surface area contributed by atoms with Gasteiger partial charge in [-0.05, 0) is 20.8 Å². The molecule has 0 spiro atoms. The minimum absolute atomic E-state index is 0.0190. The molecular formula is C13H21N3O3. The first-order valence-electron chi connectivity index (χ1n) is 6.48. The topological polar surface area (TPSA) is 76.2 Å². The average molecular weight is 267 g/mol. The molecule has 0 bridgehead atoms.